The summed E-state index contributed by atoms with van der Waals surface area (Å²) in [5.41, 5.74) is -0.571. The number of rotatable bonds is 1. The van der Waals surface area contributed by atoms with Crippen LogP contribution in [0.5, 0.6) is 0 Å². The van der Waals surface area contributed by atoms with Gasteiger partial charge >= 0.3 is 11.4 Å². The largest absolute Gasteiger partial charge is 0.388 e. The standard InChI is InChI=1S/C14H13N3O4/c18-11-9-6-7-10(12(11)19)17-14(21)15(13(20)16(9)17)8-4-2-1-3-5-8/h1-7,9-12,18-19H/t9-,10+,11+,12-. The van der Waals surface area contributed by atoms with E-state index in [0.717, 1.165) is 4.57 Å². The summed E-state index contributed by atoms with van der Waals surface area (Å²) in [5.74, 6) is 0. The van der Waals surface area contributed by atoms with E-state index in [0.29, 0.717) is 5.69 Å². The van der Waals surface area contributed by atoms with E-state index in [-0.39, 0.29) is 0 Å². The summed E-state index contributed by atoms with van der Waals surface area (Å²) in [7, 11) is 0. The monoisotopic (exact) mass is 287 g/mol. The zero-order chi connectivity index (χ0) is 14.7. The molecule has 0 amide bonds. The number of aliphatic hydroxyl groups excluding tert-OH is 2. The first-order valence-electron chi connectivity index (χ1n) is 6.67. The Balaban J connectivity index is 2.04. The molecule has 1 aromatic carbocycles. The number of hydrogen-bond acceptors (Lipinski definition) is 4. The molecule has 5 rings (SSSR count). The summed E-state index contributed by atoms with van der Waals surface area (Å²) in [6.07, 6.45) is 1.11. The van der Waals surface area contributed by atoms with Crippen molar-refractivity contribution in [3.8, 4) is 5.69 Å². The van der Waals surface area contributed by atoms with Crippen molar-refractivity contribution in [3.05, 3.63) is 63.5 Å². The predicted molar refractivity (Wildman–Crippen MR) is 73.5 cm³/mol. The maximum atomic E-state index is 12.6. The van der Waals surface area contributed by atoms with E-state index in [4.69, 9.17) is 0 Å². The van der Waals surface area contributed by atoms with E-state index in [9.17, 15) is 19.8 Å². The van der Waals surface area contributed by atoms with E-state index in [2.05, 4.69) is 0 Å². The highest BCUT2D eigenvalue weighted by molar-refractivity contribution is 5.31. The minimum atomic E-state index is -1.09. The highest BCUT2D eigenvalue weighted by Gasteiger charge is 2.45. The van der Waals surface area contributed by atoms with Crippen molar-refractivity contribution < 1.29 is 10.2 Å². The Kier molecular flexibility index (Phi) is 2.39. The predicted octanol–water partition coefficient (Wildman–Crippen LogP) is -0.812. The maximum Gasteiger partial charge on any atom is 0.352 e. The van der Waals surface area contributed by atoms with Gasteiger partial charge in [0.1, 0.15) is 24.3 Å². The lowest BCUT2D eigenvalue weighted by molar-refractivity contribution is -0.0646. The number of benzene rings is 1. The van der Waals surface area contributed by atoms with Crippen molar-refractivity contribution in [1.82, 2.24) is 13.9 Å². The molecule has 21 heavy (non-hydrogen) atoms. The molecular weight excluding hydrogens is 274 g/mol. The Hall–Kier alpha value is -2.38. The molecule has 2 aliphatic heterocycles. The third-order valence-corrected chi connectivity index (χ3v) is 4.14. The first-order chi connectivity index (χ1) is 10.1. The molecule has 0 unspecified atom stereocenters. The van der Waals surface area contributed by atoms with Crippen LogP contribution in [0.15, 0.2) is 52.1 Å². The Morgan fingerprint density at radius 1 is 0.810 bits per heavy atom. The zero-order valence-electron chi connectivity index (χ0n) is 10.9. The van der Waals surface area contributed by atoms with Gasteiger partial charge < -0.3 is 10.2 Å². The third kappa shape index (κ3) is 1.44. The van der Waals surface area contributed by atoms with E-state index in [1.165, 1.54) is 9.36 Å². The third-order valence-electron chi connectivity index (χ3n) is 4.14. The van der Waals surface area contributed by atoms with Gasteiger partial charge in [-0.2, -0.15) is 0 Å². The van der Waals surface area contributed by atoms with Crippen LogP contribution in [0.2, 0.25) is 0 Å². The summed E-state index contributed by atoms with van der Waals surface area (Å²) < 4.78 is 3.49. The van der Waals surface area contributed by atoms with Crippen LogP contribution in [0.3, 0.4) is 0 Å². The van der Waals surface area contributed by atoms with Gasteiger partial charge in [-0.15, -0.1) is 0 Å². The van der Waals surface area contributed by atoms with E-state index in [1.54, 1.807) is 42.5 Å². The lowest BCUT2D eigenvalue weighted by atomic mass is 9.90. The van der Waals surface area contributed by atoms with Crippen LogP contribution in [-0.4, -0.2) is 36.4 Å². The Morgan fingerprint density at radius 3 is 1.76 bits per heavy atom. The molecule has 0 radical (unpaired) electrons. The average Bonchev–Trinajstić information content (AvgIpc) is 2.78. The molecule has 3 aliphatic rings. The summed E-state index contributed by atoms with van der Waals surface area (Å²) in [5, 5.41) is 20.0. The first-order valence-corrected chi connectivity index (χ1v) is 6.67. The van der Waals surface area contributed by atoms with Crippen LogP contribution in [0.1, 0.15) is 12.1 Å². The molecule has 1 aliphatic carbocycles. The maximum absolute atomic E-state index is 12.6. The average molecular weight is 287 g/mol. The van der Waals surface area contributed by atoms with Crippen molar-refractivity contribution in [2.45, 2.75) is 24.3 Å². The highest BCUT2D eigenvalue weighted by atomic mass is 16.3. The first kappa shape index (κ1) is 12.4. The van der Waals surface area contributed by atoms with Crippen molar-refractivity contribution in [2.75, 3.05) is 0 Å². The second-order valence-electron chi connectivity index (χ2n) is 5.27. The fourth-order valence-electron chi connectivity index (χ4n) is 3.12. The van der Waals surface area contributed by atoms with Crippen molar-refractivity contribution in [1.29, 1.82) is 0 Å². The topological polar surface area (TPSA) is 89.4 Å². The summed E-state index contributed by atoms with van der Waals surface area (Å²) in [4.78, 5) is 25.1. The van der Waals surface area contributed by atoms with Gasteiger partial charge in [0.05, 0.1) is 5.69 Å². The van der Waals surface area contributed by atoms with Gasteiger partial charge in [-0.05, 0) is 12.1 Å². The van der Waals surface area contributed by atoms with Gasteiger partial charge in [0.15, 0.2) is 0 Å². The Morgan fingerprint density at radius 2 is 1.29 bits per heavy atom. The number of aliphatic hydroxyl groups is 2. The molecular formula is C14H13N3O4. The molecule has 0 saturated carbocycles. The van der Waals surface area contributed by atoms with Crippen LogP contribution in [0, 0.1) is 0 Å². The molecule has 2 bridgehead atoms. The van der Waals surface area contributed by atoms with E-state index in [1.807, 2.05) is 0 Å². The van der Waals surface area contributed by atoms with Gasteiger partial charge in [0.25, 0.3) is 0 Å². The van der Waals surface area contributed by atoms with E-state index < -0.39 is 35.7 Å². The number of aromatic nitrogens is 3. The Bertz CT molecular complexity index is 796. The summed E-state index contributed by atoms with van der Waals surface area (Å²) >= 11 is 0. The smallest absolute Gasteiger partial charge is 0.352 e. The normalized spacial score (nSPS) is 29.6. The van der Waals surface area contributed by atoms with Gasteiger partial charge in [-0.3, -0.25) is 0 Å². The number of nitrogens with zero attached hydrogens (tertiary/aromatic N) is 3. The molecule has 4 atom stereocenters. The van der Waals surface area contributed by atoms with Crippen molar-refractivity contribution >= 4 is 0 Å². The second kappa shape index (κ2) is 4.06. The summed E-state index contributed by atoms with van der Waals surface area (Å²) in [6, 6.07) is 7.14. The van der Waals surface area contributed by atoms with Gasteiger partial charge in [-0.25, -0.2) is 23.5 Å². The second-order valence-corrected chi connectivity index (χ2v) is 5.27. The highest BCUT2D eigenvalue weighted by Crippen LogP contribution is 2.34. The van der Waals surface area contributed by atoms with E-state index >= 15 is 0 Å². The quantitative estimate of drug-likeness (QED) is 0.671. The molecule has 2 N–H and O–H groups in total. The lowest BCUT2D eigenvalue weighted by Gasteiger charge is -2.40. The van der Waals surface area contributed by atoms with Crippen LogP contribution in [0.25, 0.3) is 5.69 Å². The lowest BCUT2D eigenvalue weighted by Crippen LogP contribution is -2.54. The fraction of sp³-hybridized carbons (Fsp3) is 0.286. The van der Waals surface area contributed by atoms with Gasteiger partial charge in [-0.1, -0.05) is 30.4 Å². The molecule has 7 heteroatoms. The number of fused-ring (bicyclic) bond motifs is 1. The molecule has 1 aromatic heterocycles. The SMILES string of the molecule is O=c1n(-c2ccccc2)c(=O)n2n1[C@@H]1C=C[C@H]2[C@@H](O)[C@H]1O. The van der Waals surface area contributed by atoms with Crippen molar-refractivity contribution in [3.63, 3.8) is 0 Å². The van der Waals surface area contributed by atoms with Gasteiger partial charge in [0, 0.05) is 0 Å². The minimum absolute atomic E-state index is 0.463. The molecule has 0 spiro atoms. The molecule has 0 fully saturated rings. The molecule has 2 aromatic rings. The van der Waals surface area contributed by atoms with Gasteiger partial charge in [0.2, 0.25) is 0 Å². The van der Waals surface area contributed by atoms with Crippen molar-refractivity contribution in [2.24, 2.45) is 0 Å². The van der Waals surface area contributed by atoms with Crippen LogP contribution in [-0.2, 0) is 0 Å². The van der Waals surface area contributed by atoms with Crippen LogP contribution >= 0.6 is 0 Å². The minimum Gasteiger partial charge on any atom is -0.388 e. The number of hydrogen-bond donors (Lipinski definition) is 2. The molecule has 3 heterocycles. The van der Waals surface area contributed by atoms with Crippen LogP contribution < -0.4 is 11.4 Å². The Labute approximate surface area is 118 Å². The molecule has 108 valence electrons. The fourth-order valence-corrected chi connectivity index (χ4v) is 3.12. The molecule has 7 nitrogen and oxygen atoms in total. The molecule has 0 saturated heterocycles. The number of para-hydroxylation sites is 1. The zero-order valence-corrected chi connectivity index (χ0v) is 10.9. The summed E-state index contributed by atoms with van der Waals surface area (Å²) in [6.45, 7) is 0. The van der Waals surface area contributed by atoms with Crippen LogP contribution in [0.4, 0.5) is 0 Å².